The summed E-state index contributed by atoms with van der Waals surface area (Å²) in [4.78, 5) is 16.7. The maximum absolute atomic E-state index is 12.0. The number of aliphatic hydroxyl groups excluding tert-OH is 1. The lowest BCUT2D eigenvalue weighted by Gasteiger charge is -2.20. The predicted molar refractivity (Wildman–Crippen MR) is 71.4 cm³/mol. The number of nitrogens with one attached hydrogen (secondary N) is 1. The summed E-state index contributed by atoms with van der Waals surface area (Å²) in [5.74, 6) is -0.0367. The second kappa shape index (κ2) is 6.90. The largest absolute Gasteiger partial charge is 0.395 e. The van der Waals surface area contributed by atoms with E-state index in [0.29, 0.717) is 18.8 Å². The van der Waals surface area contributed by atoms with Crippen LogP contribution in [0.5, 0.6) is 0 Å². The van der Waals surface area contributed by atoms with Gasteiger partial charge in [0.05, 0.1) is 6.61 Å². The molecule has 0 unspecified atom stereocenters. The summed E-state index contributed by atoms with van der Waals surface area (Å²) in [6.07, 6.45) is 3.80. The van der Waals surface area contributed by atoms with Gasteiger partial charge in [-0.05, 0) is 35.1 Å². The standard InChI is InChI=1S/C11H17IN2O2/c1-2-3-4-14(5-6-15)11(16)10-7-9(12)8-13-10/h7-8,13,15H,2-6H2,1H3. The van der Waals surface area contributed by atoms with Crippen LogP contribution in [0.1, 0.15) is 30.3 Å². The molecule has 0 aliphatic carbocycles. The maximum atomic E-state index is 12.0. The average molecular weight is 336 g/mol. The van der Waals surface area contributed by atoms with E-state index in [4.69, 9.17) is 5.11 Å². The van der Waals surface area contributed by atoms with Gasteiger partial charge in [-0.1, -0.05) is 13.3 Å². The van der Waals surface area contributed by atoms with Gasteiger partial charge in [-0.25, -0.2) is 0 Å². The fourth-order valence-electron chi connectivity index (χ4n) is 1.45. The summed E-state index contributed by atoms with van der Waals surface area (Å²) in [5, 5.41) is 8.93. The molecule has 0 saturated heterocycles. The fraction of sp³-hybridized carbons (Fsp3) is 0.545. The van der Waals surface area contributed by atoms with Crippen LogP contribution in [0.25, 0.3) is 0 Å². The molecule has 0 spiro atoms. The highest BCUT2D eigenvalue weighted by Gasteiger charge is 2.15. The summed E-state index contributed by atoms with van der Waals surface area (Å²) in [6.45, 7) is 3.19. The molecule has 4 nitrogen and oxygen atoms in total. The lowest BCUT2D eigenvalue weighted by atomic mass is 10.3. The molecule has 1 aromatic heterocycles. The molecule has 0 fully saturated rings. The number of aromatic nitrogens is 1. The molecule has 0 aliphatic rings. The van der Waals surface area contributed by atoms with Gasteiger partial charge in [-0.15, -0.1) is 0 Å². The summed E-state index contributed by atoms with van der Waals surface area (Å²) in [5.41, 5.74) is 0.592. The quantitative estimate of drug-likeness (QED) is 0.779. The molecule has 90 valence electrons. The van der Waals surface area contributed by atoms with Gasteiger partial charge in [0.2, 0.25) is 0 Å². The molecular weight excluding hydrogens is 319 g/mol. The molecule has 0 bridgehead atoms. The Morgan fingerprint density at radius 2 is 2.31 bits per heavy atom. The summed E-state index contributed by atoms with van der Waals surface area (Å²) in [6, 6.07) is 1.82. The first kappa shape index (κ1) is 13.5. The number of carbonyl (C=O) groups is 1. The zero-order valence-electron chi connectivity index (χ0n) is 9.37. The average Bonchev–Trinajstić information content (AvgIpc) is 2.70. The highest BCUT2D eigenvalue weighted by Crippen LogP contribution is 2.09. The summed E-state index contributed by atoms with van der Waals surface area (Å²) < 4.78 is 1.01. The molecule has 1 rings (SSSR count). The number of aromatic amines is 1. The van der Waals surface area contributed by atoms with Crippen molar-refractivity contribution >= 4 is 28.5 Å². The van der Waals surface area contributed by atoms with Gasteiger partial charge >= 0.3 is 0 Å². The van der Waals surface area contributed by atoms with Crippen molar-refractivity contribution in [3.8, 4) is 0 Å². The van der Waals surface area contributed by atoms with Gasteiger partial charge < -0.3 is 15.0 Å². The first-order chi connectivity index (χ1) is 7.69. The van der Waals surface area contributed by atoms with Crippen molar-refractivity contribution in [2.24, 2.45) is 0 Å². The molecule has 0 saturated carbocycles. The molecule has 0 atom stereocenters. The number of aliphatic hydroxyl groups is 1. The van der Waals surface area contributed by atoms with E-state index in [1.54, 1.807) is 11.1 Å². The molecule has 0 radical (unpaired) electrons. The van der Waals surface area contributed by atoms with Crippen LogP contribution in [-0.2, 0) is 0 Å². The Bertz CT molecular complexity index is 338. The van der Waals surface area contributed by atoms with Gasteiger partial charge in [0, 0.05) is 22.9 Å². The molecule has 1 amide bonds. The van der Waals surface area contributed by atoms with Crippen LogP contribution < -0.4 is 0 Å². The highest BCUT2D eigenvalue weighted by molar-refractivity contribution is 14.1. The van der Waals surface area contributed by atoms with Crippen molar-refractivity contribution < 1.29 is 9.90 Å². The van der Waals surface area contributed by atoms with Crippen LogP contribution in [0.2, 0.25) is 0 Å². The Kier molecular flexibility index (Phi) is 5.83. The third-order valence-electron chi connectivity index (χ3n) is 2.32. The number of amides is 1. The number of hydrogen-bond donors (Lipinski definition) is 2. The van der Waals surface area contributed by atoms with Crippen molar-refractivity contribution in [2.75, 3.05) is 19.7 Å². The van der Waals surface area contributed by atoms with Crippen molar-refractivity contribution in [1.82, 2.24) is 9.88 Å². The van der Waals surface area contributed by atoms with Crippen LogP contribution in [0, 0.1) is 3.57 Å². The van der Waals surface area contributed by atoms with Crippen LogP contribution in [-0.4, -0.2) is 40.6 Å². The van der Waals surface area contributed by atoms with Crippen molar-refractivity contribution in [3.63, 3.8) is 0 Å². The van der Waals surface area contributed by atoms with Crippen LogP contribution in [0.4, 0.5) is 0 Å². The zero-order chi connectivity index (χ0) is 12.0. The fourth-order valence-corrected chi connectivity index (χ4v) is 1.91. The number of unbranched alkanes of at least 4 members (excludes halogenated alkanes) is 1. The molecule has 0 aromatic carbocycles. The summed E-state index contributed by atoms with van der Waals surface area (Å²) in [7, 11) is 0. The second-order valence-electron chi connectivity index (χ2n) is 3.60. The molecule has 0 aliphatic heterocycles. The first-order valence-corrected chi connectivity index (χ1v) is 6.51. The van der Waals surface area contributed by atoms with E-state index in [-0.39, 0.29) is 12.5 Å². The molecular formula is C11H17IN2O2. The first-order valence-electron chi connectivity index (χ1n) is 5.43. The zero-order valence-corrected chi connectivity index (χ0v) is 11.5. The van der Waals surface area contributed by atoms with Crippen LogP contribution in [0.3, 0.4) is 0 Å². The van der Waals surface area contributed by atoms with E-state index in [1.165, 1.54) is 0 Å². The number of halogens is 1. The van der Waals surface area contributed by atoms with Gasteiger partial charge in [-0.3, -0.25) is 4.79 Å². The predicted octanol–water partition coefficient (Wildman–Crippen LogP) is 1.85. The van der Waals surface area contributed by atoms with Gasteiger partial charge in [-0.2, -0.15) is 0 Å². The van der Waals surface area contributed by atoms with E-state index in [9.17, 15) is 4.79 Å². The maximum Gasteiger partial charge on any atom is 0.270 e. The Labute approximate surface area is 109 Å². The Hall–Kier alpha value is -0.560. The molecule has 1 aromatic rings. The van der Waals surface area contributed by atoms with E-state index in [0.717, 1.165) is 16.4 Å². The number of carbonyl (C=O) groups excluding carboxylic acids is 1. The highest BCUT2D eigenvalue weighted by atomic mass is 127. The SMILES string of the molecule is CCCCN(CCO)C(=O)c1cc(I)c[nH]1. The van der Waals surface area contributed by atoms with Crippen LogP contribution in [0.15, 0.2) is 12.3 Å². The second-order valence-corrected chi connectivity index (χ2v) is 4.85. The smallest absolute Gasteiger partial charge is 0.270 e. The molecule has 16 heavy (non-hydrogen) atoms. The van der Waals surface area contributed by atoms with Crippen molar-refractivity contribution in [1.29, 1.82) is 0 Å². The van der Waals surface area contributed by atoms with Crippen molar-refractivity contribution in [3.05, 3.63) is 21.5 Å². The Balaban J connectivity index is 2.66. The minimum Gasteiger partial charge on any atom is -0.395 e. The van der Waals surface area contributed by atoms with Crippen molar-refractivity contribution in [2.45, 2.75) is 19.8 Å². The van der Waals surface area contributed by atoms with E-state index in [2.05, 4.69) is 34.5 Å². The minimum atomic E-state index is -0.0367. The van der Waals surface area contributed by atoms with Gasteiger partial charge in [0.15, 0.2) is 0 Å². The minimum absolute atomic E-state index is 0.00720. The number of nitrogens with zero attached hydrogens (tertiary/aromatic N) is 1. The van der Waals surface area contributed by atoms with E-state index < -0.39 is 0 Å². The van der Waals surface area contributed by atoms with E-state index in [1.807, 2.05) is 6.07 Å². The third kappa shape index (κ3) is 3.79. The monoisotopic (exact) mass is 336 g/mol. The Morgan fingerprint density at radius 1 is 1.56 bits per heavy atom. The topological polar surface area (TPSA) is 56.3 Å². The lowest BCUT2D eigenvalue weighted by Crippen LogP contribution is -2.34. The molecule has 5 heteroatoms. The number of hydrogen-bond acceptors (Lipinski definition) is 2. The van der Waals surface area contributed by atoms with Crippen LogP contribution >= 0.6 is 22.6 Å². The van der Waals surface area contributed by atoms with Gasteiger partial charge in [0.25, 0.3) is 5.91 Å². The number of rotatable bonds is 6. The molecule has 2 N–H and O–H groups in total. The number of H-pyrrole nitrogens is 1. The van der Waals surface area contributed by atoms with E-state index >= 15 is 0 Å². The Morgan fingerprint density at radius 3 is 2.81 bits per heavy atom. The third-order valence-corrected chi connectivity index (χ3v) is 2.94. The lowest BCUT2D eigenvalue weighted by molar-refractivity contribution is 0.0714. The summed E-state index contributed by atoms with van der Waals surface area (Å²) >= 11 is 2.16. The van der Waals surface area contributed by atoms with Gasteiger partial charge in [0.1, 0.15) is 5.69 Å². The molecule has 1 heterocycles. The normalized spacial score (nSPS) is 10.4.